The first-order chi connectivity index (χ1) is 7.99. The molecule has 0 spiro atoms. The number of hydrogen-bond acceptors (Lipinski definition) is 1. The van der Waals surface area contributed by atoms with E-state index in [0.29, 0.717) is 5.92 Å². The number of rotatable bonds is 4. The van der Waals surface area contributed by atoms with E-state index in [0.717, 1.165) is 5.56 Å². The Bertz CT molecular complexity index is 395. The van der Waals surface area contributed by atoms with Crippen LogP contribution in [0.3, 0.4) is 0 Å². The van der Waals surface area contributed by atoms with E-state index in [9.17, 15) is 9.18 Å². The zero-order valence-corrected chi connectivity index (χ0v) is 10.4. The Kier molecular flexibility index (Phi) is 4.88. The van der Waals surface area contributed by atoms with E-state index >= 15 is 0 Å². The van der Waals surface area contributed by atoms with Crippen molar-refractivity contribution in [3.05, 3.63) is 41.7 Å². The fourth-order valence-electron chi connectivity index (χ4n) is 1.18. The van der Waals surface area contributed by atoms with Gasteiger partial charge in [-0.2, -0.15) is 0 Å². The quantitative estimate of drug-likeness (QED) is 0.799. The van der Waals surface area contributed by atoms with Crippen LogP contribution in [0, 0.1) is 11.7 Å². The second kappa shape index (κ2) is 6.18. The molecule has 0 bridgehead atoms. The number of nitrogens with one attached hydrogen (secondary N) is 1. The molecule has 0 heterocycles. The Labute approximate surface area is 102 Å². The molecule has 0 aliphatic heterocycles. The third kappa shape index (κ3) is 4.81. The van der Waals surface area contributed by atoms with Crippen molar-refractivity contribution in [2.45, 2.75) is 26.8 Å². The molecule has 0 aliphatic rings. The molecule has 1 rings (SSSR count). The topological polar surface area (TPSA) is 29.1 Å². The standard InChI is InChI=1S/C14H18FNO/c1-10(2)11(3)16-14(17)9-6-12-4-7-13(15)8-5-12/h4-11H,1-3H3,(H,16,17)/b9-6+/t11-/m1/s1. The van der Waals surface area contributed by atoms with E-state index in [1.807, 2.05) is 6.92 Å². The van der Waals surface area contributed by atoms with Gasteiger partial charge in [0.2, 0.25) is 5.91 Å². The number of amides is 1. The predicted molar refractivity (Wildman–Crippen MR) is 67.9 cm³/mol. The van der Waals surface area contributed by atoms with Gasteiger partial charge in [-0.15, -0.1) is 0 Å². The van der Waals surface area contributed by atoms with Gasteiger partial charge in [0.25, 0.3) is 0 Å². The van der Waals surface area contributed by atoms with Crippen molar-refractivity contribution in [1.29, 1.82) is 0 Å². The van der Waals surface area contributed by atoms with E-state index in [1.54, 1.807) is 18.2 Å². The summed E-state index contributed by atoms with van der Waals surface area (Å²) in [4.78, 5) is 11.5. The van der Waals surface area contributed by atoms with Gasteiger partial charge in [-0.1, -0.05) is 26.0 Å². The molecule has 0 aromatic heterocycles. The third-order valence-corrected chi connectivity index (χ3v) is 2.67. The maximum atomic E-state index is 12.6. The van der Waals surface area contributed by atoms with Crippen molar-refractivity contribution in [2.24, 2.45) is 5.92 Å². The van der Waals surface area contributed by atoms with Crippen LogP contribution in [0.1, 0.15) is 26.3 Å². The van der Waals surface area contributed by atoms with Gasteiger partial charge >= 0.3 is 0 Å². The predicted octanol–water partition coefficient (Wildman–Crippen LogP) is 3.00. The molecular formula is C14H18FNO. The third-order valence-electron chi connectivity index (χ3n) is 2.67. The molecule has 1 aromatic rings. The second-order valence-corrected chi connectivity index (χ2v) is 4.43. The number of benzene rings is 1. The highest BCUT2D eigenvalue weighted by Gasteiger charge is 2.07. The molecule has 0 saturated heterocycles. The molecule has 1 amide bonds. The molecule has 0 unspecified atom stereocenters. The van der Waals surface area contributed by atoms with Gasteiger partial charge in [0.15, 0.2) is 0 Å². The molecule has 1 aromatic carbocycles. The van der Waals surface area contributed by atoms with Crippen LogP contribution in [-0.2, 0) is 4.79 Å². The van der Waals surface area contributed by atoms with Crippen molar-refractivity contribution in [3.8, 4) is 0 Å². The summed E-state index contributed by atoms with van der Waals surface area (Å²) in [5.41, 5.74) is 0.804. The zero-order chi connectivity index (χ0) is 12.8. The summed E-state index contributed by atoms with van der Waals surface area (Å²) in [6.07, 6.45) is 3.13. The van der Waals surface area contributed by atoms with Crippen molar-refractivity contribution < 1.29 is 9.18 Å². The van der Waals surface area contributed by atoms with Crippen molar-refractivity contribution in [3.63, 3.8) is 0 Å². The van der Waals surface area contributed by atoms with E-state index in [2.05, 4.69) is 19.2 Å². The first-order valence-electron chi connectivity index (χ1n) is 5.73. The minimum atomic E-state index is -0.278. The normalized spacial score (nSPS) is 13.0. The summed E-state index contributed by atoms with van der Waals surface area (Å²) in [6, 6.07) is 6.14. The number of carbonyl (C=O) groups excluding carboxylic acids is 1. The highest BCUT2D eigenvalue weighted by atomic mass is 19.1. The number of halogens is 1. The van der Waals surface area contributed by atoms with Crippen molar-refractivity contribution >= 4 is 12.0 Å². The maximum absolute atomic E-state index is 12.6. The number of carbonyl (C=O) groups is 1. The molecule has 0 aliphatic carbocycles. The minimum Gasteiger partial charge on any atom is -0.350 e. The lowest BCUT2D eigenvalue weighted by Crippen LogP contribution is -2.34. The molecule has 0 saturated carbocycles. The summed E-state index contributed by atoms with van der Waals surface area (Å²) < 4.78 is 12.6. The largest absolute Gasteiger partial charge is 0.350 e. The molecule has 92 valence electrons. The molecule has 1 atom stereocenters. The van der Waals surface area contributed by atoms with Gasteiger partial charge in [0.05, 0.1) is 0 Å². The van der Waals surface area contributed by atoms with E-state index in [4.69, 9.17) is 0 Å². The maximum Gasteiger partial charge on any atom is 0.244 e. The fourth-order valence-corrected chi connectivity index (χ4v) is 1.18. The summed E-state index contributed by atoms with van der Waals surface area (Å²) >= 11 is 0. The lowest BCUT2D eigenvalue weighted by atomic mass is 10.1. The molecule has 17 heavy (non-hydrogen) atoms. The second-order valence-electron chi connectivity index (χ2n) is 4.43. The van der Waals surface area contributed by atoms with Crippen LogP contribution in [0.4, 0.5) is 4.39 Å². The average Bonchev–Trinajstić information content (AvgIpc) is 2.28. The van der Waals surface area contributed by atoms with Gasteiger partial charge in [0, 0.05) is 12.1 Å². The van der Waals surface area contributed by atoms with Gasteiger partial charge in [-0.25, -0.2) is 4.39 Å². The summed E-state index contributed by atoms with van der Waals surface area (Å²) in [7, 11) is 0. The van der Waals surface area contributed by atoms with Crippen molar-refractivity contribution in [2.75, 3.05) is 0 Å². The Morgan fingerprint density at radius 3 is 2.35 bits per heavy atom. The molecule has 3 heteroatoms. The smallest absolute Gasteiger partial charge is 0.244 e. The molecule has 0 fully saturated rings. The van der Waals surface area contributed by atoms with Crippen LogP contribution in [0.25, 0.3) is 6.08 Å². The average molecular weight is 235 g/mol. The van der Waals surface area contributed by atoms with Gasteiger partial charge in [0.1, 0.15) is 5.82 Å². The van der Waals surface area contributed by atoms with Crippen LogP contribution < -0.4 is 5.32 Å². The Morgan fingerprint density at radius 2 is 1.82 bits per heavy atom. The Balaban J connectivity index is 2.53. The lowest BCUT2D eigenvalue weighted by molar-refractivity contribution is -0.117. The Morgan fingerprint density at radius 1 is 1.24 bits per heavy atom. The first kappa shape index (κ1) is 13.4. The zero-order valence-electron chi connectivity index (χ0n) is 10.4. The van der Waals surface area contributed by atoms with Crippen LogP contribution in [0.2, 0.25) is 0 Å². The minimum absolute atomic E-state index is 0.129. The van der Waals surface area contributed by atoms with Crippen LogP contribution in [0.5, 0.6) is 0 Å². The van der Waals surface area contributed by atoms with E-state index in [-0.39, 0.29) is 17.8 Å². The first-order valence-corrected chi connectivity index (χ1v) is 5.73. The van der Waals surface area contributed by atoms with Crippen molar-refractivity contribution in [1.82, 2.24) is 5.32 Å². The summed E-state index contributed by atoms with van der Waals surface area (Å²) in [6.45, 7) is 6.07. The summed E-state index contributed by atoms with van der Waals surface area (Å²) in [5, 5.41) is 2.86. The molecule has 0 radical (unpaired) electrons. The van der Waals surface area contributed by atoms with Gasteiger partial charge in [-0.05, 0) is 36.6 Å². The van der Waals surface area contributed by atoms with E-state index < -0.39 is 0 Å². The Hall–Kier alpha value is -1.64. The molecule has 1 N–H and O–H groups in total. The van der Waals surface area contributed by atoms with E-state index in [1.165, 1.54) is 18.2 Å². The number of hydrogen-bond donors (Lipinski definition) is 1. The molecule has 2 nitrogen and oxygen atoms in total. The van der Waals surface area contributed by atoms with Gasteiger partial charge < -0.3 is 5.32 Å². The van der Waals surface area contributed by atoms with Crippen LogP contribution in [-0.4, -0.2) is 11.9 Å². The van der Waals surface area contributed by atoms with Crippen LogP contribution in [0.15, 0.2) is 30.3 Å². The highest BCUT2D eigenvalue weighted by molar-refractivity contribution is 5.91. The van der Waals surface area contributed by atoms with Gasteiger partial charge in [-0.3, -0.25) is 4.79 Å². The highest BCUT2D eigenvalue weighted by Crippen LogP contribution is 2.05. The van der Waals surface area contributed by atoms with Crippen LogP contribution >= 0.6 is 0 Å². The fraction of sp³-hybridized carbons (Fsp3) is 0.357. The SMILES string of the molecule is CC(C)[C@@H](C)NC(=O)/C=C/c1ccc(F)cc1. The lowest BCUT2D eigenvalue weighted by Gasteiger charge is -2.15. The monoisotopic (exact) mass is 235 g/mol. The summed E-state index contributed by atoms with van der Waals surface area (Å²) in [5.74, 6) is -0.00581. The molecular weight excluding hydrogens is 217 g/mol.